The van der Waals surface area contributed by atoms with Gasteiger partial charge in [-0.1, -0.05) is 13.0 Å². The van der Waals surface area contributed by atoms with Crippen molar-refractivity contribution in [1.82, 2.24) is 0 Å². The molecular weight excluding hydrogens is 80.0 g/mol. The van der Waals surface area contributed by atoms with Gasteiger partial charge in [-0.15, -0.1) is 0 Å². The first kappa shape index (κ1) is 4.90. The Hall–Kier alpha value is -1.10. The topological polar surface area (TPSA) is 18.5 Å². The molecule has 0 aromatic rings. The average molecular weight is 84.1 g/mol. The highest BCUT2D eigenvalue weighted by Gasteiger charge is 1.59. The third-order valence-corrected chi connectivity index (χ3v) is 0.164. The zero-order valence-electron chi connectivity index (χ0n) is 3.18. The highest BCUT2D eigenvalue weighted by Crippen LogP contribution is 1.69. The lowest BCUT2D eigenvalue weighted by atomic mass is 11.2. The normalized spacial score (nSPS) is 5.17. The zero-order chi connectivity index (χ0) is 4.83. The molecule has 0 aliphatic carbocycles. The van der Waals surface area contributed by atoms with E-state index in [1.807, 2.05) is 0 Å². The van der Waals surface area contributed by atoms with Gasteiger partial charge in [-0.25, -0.2) is 4.89 Å². The van der Waals surface area contributed by atoms with E-state index in [0.29, 0.717) is 0 Å². The third kappa shape index (κ3) is 2.90. The van der Waals surface area contributed by atoms with Crippen LogP contribution in [0.3, 0.4) is 0 Å². The Kier molecular flexibility index (Phi) is 3.19. The molecule has 0 bridgehead atoms. The van der Waals surface area contributed by atoms with E-state index in [1.165, 1.54) is 0 Å². The van der Waals surface area contributed by atoms with E-state index in [2.05, 4.69) is 22.8 Å². The van der Waals surface area contributed by atoms with Crippen LogP contribution in [0.25, 0.3) is 0 Å². The van der Waals surface area contributed by atoms with Gasteiger partial charge in [-0.2, -0.15) is 0 Å². The Labute approximate surface area is 36.3 Å². The molecule has 2 nitrogen and oxygen atoms in total. The van der Waals surface area contributed by atoms with Crippen LogP contribution in [-0.4, -0.2) is 0 Å². The lowest BCUT2D eigenvalue weighted by molar-refractivity contribution is -0.181. The molecule has 6 heavy (non-hydrogen) atoms. The standard InChI is InChI=1S/C4H4O2/c1-3-5-6-4-2/h1,4H,2H2. The van der Waals surface area contributed by atoms with E-state index in [0.717, 1.165) is 6.26 Å². The lowest BCUT2D eigenvalue weighted by Gasteiger charge is -1.83. The molecule has 0 fully saturated rings. The Morgan fingerprint density at radius 3 is 2.67 bits per heavy atom. The first-order valence-corrected chi connectivity index (χ1v) is 1.30. The van der Waals surface area contributed by atoms with Crippen molar-refractivity contribution in [2.75, 3.05) is 0 Å². The smallest absolute Gasteiger partial charge is 0.167 e. The largest absolute Gasteiger partial charge is 0.289 e. The second-order valence-corrected chi connectivity index (χ2v) is 0.464. The minimum atomic E-state index is 1.10. The first-order chi connectivity index (χ1) is 2.91. The van der Waals surface area contributed by atoms with E-state index in [4.69, 9.17) is 0 Å². The predicted octanol–water partition coefficient (Wildman–Crippen LogP) is 0.669. The molecule has 0 aliphatic rings. The fraction of sp³-hybridized carbons (Fsp3) is 0. The van der Waals surface area contributed by atoms with Gasteiger partial charge >= 0.3 is 0 Å². The highest BCUT2D eigenvalue weighted by atomic mass is 17.2. The van der Waals surface area contributed by atoms with Crippen LogP contribution < -0.4 is 0 Å². The Balaban J connectivity index is 2.72. The summed E-state index contributed by atoms with van der Waals surface area (Å²) in [6, 6.07) is 0. The molecule has 0 atom stereocenters. The van der Waals surface area contributed by atoms with Crippen molar-refractivity contribution in [2.45, 2.75) is 0 Å². The monoisotopic (exact) mass is 84.0 g/mol. The van der Waals surface area contributed by atoms with Crippen LogP contribution in [0.4, 0.5) is 0 Å². The van der Waals surface area contributed by atoms with Crippen LogP contribution in [0.15, 0.2) is 12.8 Å². The fourth-order valence-electron chi connectivity index (χ4n) is 0.0618. The summed E-state index contributed by atoms with van der Waals surface area (Å²) in [5, 5.41) is 0. The van der Waals surface area contributed by atoms with Crippen molar-refractivity contribution in [1.29, 1.82) is 0 Å². The molecule has 0 saturated heterocycles. The van der Waals surface area contributed by atoms with E-state index >= 15 is 0 Å². The van der Waals surface area contributed by atoms with E-state index < -0.39 is 0 Å². The van der Waals surface area contributed by atoms with Gasteiger partial charge in [0.05, 0.1) is 0 Å². The minimum Gasteiger partial charge on any atom is -0.289 e. The van der Waals surface area contributed by atoms with Crippen LogP contribution in [0.1, 0.15) is 0 Å². The molecule has 0 spiro atoms. The molecule has 0 aromatic carbocycles. The summed E-state index contributed by atoms with van der Waals surface area (Å²) in [5.74, 6) is 0. The number of hydrogen-bond donors (Lipinski definition) is 0. The maximum atomic E-state index is 4.57. The SMILES string of the molecule is C#COOC=C. The fourth-order valence-corrected chi connectivity index (χ4v) is 0.0618. The first-order valence-electron chi connectivity index (χ1n) is 1.30. The van der Waals surface area contributed by atoms with Gasteiger partial charge in [-0.05, 0) is 0 Å². The molecule has 0 heterocycles. The van der Waals surface area contributed by atoms with Crippen molar-refractivity contribution in [3.8, 4) is 12.5 Å². The van der Waals surface area contributed by atoms with Crippen molar-refractivity contribution in [3.63, 3.8) is 0 Å². The Morgan fingerprint density at radius 2 is 2.50 bits per heavy atom. The quantitative estimate of drug-likeness (QED) is 0.161. The molecule has 0 radical (unpaired) electrons. The molecule has 0 unspecified atom stereocenters. The summed E-state index contributed by atoms with van der Waals surface area (Å²) in [4.78, 5) is 7.90. The third-order valence-electron chi connectivity index (χ3n) is 0.164. The van der Waals surface area contributed by atoms with E-state index in [9.17, 15) is 0 Å². The molecule has 0 aliphatic heterocycles. The molecule has 2 heteroatoms. The van der Waals surface area contributed by atoms with Crippen LogP contribution in [-0.2, 0) is 9.78 Å². The molecular formula is C4H4O2. The number of hydrogen-bond acceptors (Lipinski definition) is 2. The summed E-state index contributed by atoms with van der Waals surface area (Å²) >= 11 is 0. The van der Waals surface area contributed by atoms with Gasteiger partial charge in [-0.3, -0.25) is 4.89 Å². The minimum absolute atomic E-state index is 1.10. The Bertz CT molecular complexity index is 70.1. The molecule has 0 saturated carbocycles. The molecule has 0 aromatic heterocycles. The van der Waals surface area contributed by atoms with Crippen LogP contribution in [0, 0.1) is 12.5 Å². The van der Waals surface area contributed by atoms with Crippen LogP contribution in [0.2, 0.25) is 0 Å². The molecule has 0 N–H and O–H groups in total. The predicted molar refractivity (Wildman–Crippen MR) is 21.2 cm³/mol. The van der Waals surface area contributed by atoms with Crippen molar-refractivity contribution in [3.05, 3.63) is 12.8 Å². The molecule has 0 rings (SSSR count). The average Bonchev–Trinajstić information content (AvgIpc) is 1.61. The van der Waals surface area contributed by atoms with Crippen molar-refractivity contribution >= 4 is 0 Å². The zero-order valence-corrected chi connectivity index (χ0v) is 3.18. The maximum absolute atomic E-state index is 4.57. The second kappa shape index (κ2) is 3.90. The summed E-state index contributed by atoms with van der Waals surface area (Å²) in [6.07, 6.45) is 7.44. The summed E-state index contributed by atoms with van der Waals surface area (Å²) < 4.78 is 0. The summed E-state index contributed by atoms with van der Waals surface area (Å²) in [6.45, 7) is 3.16. The van der Waals surface area contributed by atoms with Gasteiger partial charge in [0.2, 0.25) is 0 Å². The van der Waals surface area contributed by atoms with Crippen LogP contribution in [0.5, 0.6) is 0 Å². The van der Waals surface area contributed by atoms with E-state index in [1.54, 1.807) is 6.11 Å². The van der Waals surface area contributed by atoms with Crippen LogP contribution >= 0.6 is 0 Å². The second-order valence-electron chi connectivity index (χ2n) is 0.464. The van der Waals surface area contributed by atoms with Crippen molar-refractivity contribution < 1.29 is 9.78 Å². The van der Waals surface area contributed by atoms with Gasteiger partial charge < -0.3 is 0 Å². The lowest BCUT2D eigenvalue weighted by Crippen LogP contribution is -1.71. The Morgan fingerprint density at radius 1 is 1.83 bits per heavy atom. The van der Waals surface area contributed by atoms with Gasteiger partial charge in [0, 0.05) is 0 Å². The molecule has 0 amide bonds. The van der Waals surface area contributed by atoms with E-state index in [-0.39, 0.29) is 0 Å². The summed E-state index contributed by atoms with van der Waals surface area (Å²) in [5.41, 5.74) is 0. The summed E-state index contributed by atoms with van der Waals surface area (Å²) in [7, 11) is 0. The molecule has 32 valence electrons. The van der Waals surface area contributed by atoms with Gasteiger partial charge in [0.15, 0.2) is 6.11 Å². The maximum Gasteiger partial charge on any atom is 0.167 e. The van der Waals surface area contributed by atoms with Gasteiger partial charge in [0.25, 0.3) is 0 Å². The number of terminal acetylenes is 1. The van der Waals surface area contributed by atoms with Gasteiger partial charge in [0.1, 0.15) is 6.26 Å². The van der Waals surface area contributed by atoms with Crippen molar-refractivity contribution in [2.24, 2.45) is 0 Å². The highest BCUT2D eigenvalue weighted by molar-refractivity contribution is 4.65. The number of rotatable bonds is 2.